The minimum atomic E-state index is 0.398. The van der Waals surface area contributed by atoms with Gasteiger partial charge < -0.3 is 19.1 Å². The molecule has 2 saturated heterocycles. The Hall–Kier alpha value is -1.26. The van der Waals surface area contributed by atoms with Gasteiger partial charge in [0.2, 0.25) is 0 Å². The third-order valence-electron chi connectivity index (χ3n) is 3.17. The van der Waals surface area contributed by atoms with Gasteiger partial charge in [-0.15, -0.1) is 0 Å². The topological polar surface area (TPSA) is 37.5 Å². The van der Waals surface area contributed by atoms with Crippen molar-refractivity contribution in [3.05, 3.63) is 24.3 Å². The van der Waals surface area contributed by atoms with Gasteiger partial charge in [-0.3, -0.25) is 0 Å². The number of benzene rings is 1. The maximum Gasteiger partial charge on any atom is 0.119 e. The third kappa shape index (κ3) is 3.15. The Kier molecular flexibility index (Phi) is 3.39. The highest BCUT2D eigenvalue weighted by Gasteiger charge is 2.30. The van der Waals surface area contributed by atoms with Gasteiger partial charge in [-0.05, 0) is 31.2 Å². The first-order valence-corrected chi connectivity index (χ1v) is 6.56. The van der Waals surface area contributed by atoms with E-state index in [9.17, 15) is 0 Å². The Morgan fingerprint density at radius 2 is 1.67 bits per heavy atom. The summed E-state index contributed by atoms with van der Waals surface area (Å²) in [7, 11) is 0. The molecule has 18 heavy (non-hydrogen) atoms. The lowest BCUT2D eigenvalue weighted by atomic mass is 10.2. The monoisotopic (exact) mass is 249 g/mol. The number of ether oxygens (including phenoxy) is 3. The molecule has 2 aliphatic heterocycles. The standard InChI is InChI=1S/C14H19NO3/c1-2-16-12-5-3-11(4-6-12)15(7-13-9-17-13)8-14-10-18-14/h3-6,13-14H,2,7-10H2,1H3. The van der Waals surface area contributed by atoms with E-state index in [1.165, 1.54) is 5.69 Å². The maximum absolute atomic E-state index is 5.46. The van der Waals surface area contributed by atoms with Crippen molar-refractivity contribution in [3.63, 3.8) is 0 Å². The van der Waals surface area contributed by atoms with Crippen LogP contribution in [0.3, 0.4) is 0 Å². The molecule has 0 spiro atoms. The van der Waals surface area contributed by atoms with E-state index in [1.807, 2.05) is 19.1 Å². The molecule has 0 saturated carbocycles. The molecule has 0 bridgehead atoms. The molecule has 0 aliphatic carbocycles. The minimum Gasteiger partial charge on any atom is -0.494 e. The summed E-state index contributed by atoms with van der Waals surface area (Å²) in [5.74, 6) is 0.923. The van der Waals surface area contributed by atoms with Crippen LogP contribution in [0.5, 0.6) is 5.75 Å². The predicted molar refractivity (Wildman–Crippen MR) is 69.3 cm³/mol. The van der Waals surface area contributed by atoms with Crippen molar-refractivity contribution in [3.8, 4) is 5.75 Å². The second-order valence-corrected chi connectivity index (χ2v) is 4.74. The molecule has 1 aromatic carbocycles. The van der Waals surface area contributed by atoms with Crippen LogP contribution in [0.15, 0.2) is 24.3 Å². The van der Waals surface area contributed by atoms with E-state index in [1.54, 1.807) is 0 Å². The van der Waals surface area contributed by atoms with E-state index in [0.29, 0.717) is 18.8 Å². The van der Waals surface area contributed by atoms with Crippen molar-refractivity contribution < 1.29 is 14.2 Å². The number of hydrogen-bond acceptors (Lipinski definition) is 4. The fraction of sp³-hybridized carbons (Fsp3) is 0.571. The van der Waals surface area contributed by atoms with E-state index < -0.39 is 0 Å². The van der Waals surface area contributed by atoms with E-state index in [2.05, 4.69) is 17.0 Å². The lowest BCUT2D eigenvalue weighted by Crippen LogP contribution is -2.31. The number of anilines is 1. The number of nitrogens with zero attached hydrogens (tertiary/aromatic N) is 1. The van der Waals surface area contributed by atoms with E-state index in [0.717, 1.165) is 32.1 Å². The molecule has 0 radical (unpaired) electrons. The number of hydrogen-bond donors (Lipinski definition) is 0. The average Bonchev–Trinajstić information content (AvgIpc) is 3.25. The van der Waals surface area contributed by atoms with Gasteiger partial charge in [0.05, 0.1) is 32.0 Å². The molecule has 4 nitrogen and oxygen atoms in total. The predicted octanol–water partition coefficient (Wildman–Crippen LogP) is 1.69. The van der Waals surface area contributed by atoms with E-state index >= 15 is 0 Å². The van der Waals surface area contributed by atoms with Crippen molar-refractivity contribution in [1.82, 2.24) is 0 Å². The second-order valence-electron chi connectivity index (χ2n) is 4.74. The molecule has 2 aliphatic rings. The molecule has 2 unspecified atom stereocenters. The average molecular weight is 249 g/mol. The summed E-state index contributed by atoms with van der Waals surface area (Å²) in [5, 5.41) is 0. The fourth-order valence-corrected chi connectivity index (χ4v) is 2.04. The Morgan fingerprint density at radius 1 is 1.11 bits per heavy atom. The summed E-state index contributed by atoms with van der Waals surface area (Å²) in [6.07, 6.45) is 0.797. The first kappa shape index (κ1) is 11.8. The molecule has 4 heteroatoms. The smallest absolute Gasteiger partial charge is 0.119 e. The van der Waals surface area contributed by atoms with Gasteiger partial charge in [0.25, 0.3) is 0 Å². The van der Waals surface area contributed by atoms with Crippen LogP contribution in [0, 0.1) is 0 Å². The molecule has 3 rings (SSSR count). The van der Waals surface area contributed by atoms with Crippen LogP contribution < -0.4 is 9.64 Å². The molecule has 98 valence electrons. The van der Waals surface area contributed by atoms with Crippen LogP contribution in [0.4, 0.5) is 5.69 Å². The highest BCUT2D eigenvalue weighted by molar-refractivity contribution is 5.49. The van der Waals surface area contributed by atoms with Crippen LogP contribution in [-0.4, -0.2) is 45.1 Å². The van der Waals surface area contributed by atoms with E-state index in [4.69, 9.17) is 14.2 Å². The van der Waals surface area contributed by atoms with Crippen molar-refractivity contribution in [2.45, 2.75) is 19.1 Å². The zero-order valence-corrected chi connectivity index (χ0v) is 10.7. The maximum atomic E-state index is 5.46. The first-order chi connectivity index (χ1) is 8.85. The van der Waals surface area contributed by atoms with Crippen molar-refractivity contribution in [2.75, 3.05) is 37.8 Å². The number of epoxide rings is 2. The first-order valence-electron chi connectivity index (χ1n) is 6.56. The lowest BCUT2D eigenvalue weighted by Gasteiger charge is -2.23. The molecule has 0 amide bonds. The molecular formula is C14H19NO3. The summed E-state index contributed by atoms with van der Waals surface area (Å²) < 4.78 is 16.1. The van der Waals surface area contributed by atoms with Gasteiger partial charge in [-0.2, -0.15) is 0 Å². The van der Waals surface area contributed by atoms with Gasteiger partial charge in [0.1, 0.15) is 5.75 Å². The van der Waals surface area contributed by atoms with Crippen LogP contribution in [-0.2, 0) is 9.47 Å². The Balaban J connectivity index is 1.66. The molecular weight excluding hydrogens is 230 g/mol. The van der Waals surface area contributed by atoms with Crippen molar-refractivity contribution >= 4 is 5.69 Å². The van der Waals surface area contributed by atoms with Crippen molar-refractivity contribution in [2.24, 2.45) is 0 Å². The van der Waals surface area contributed by atoms with Gasteiger partial charge in [0, 0.05) is 18.8 Å². The van der Waals surface area contributed by atoms with Crippen LogP contribution >= 0.6 is 0 Å². The summed E-state index contributed by atoms with van der Waals surface area (Å²) in [4.78, 5) is 2.34. The Bertz CT molecular complexity index is 371. The zero-order valence-electron chi connectivity index (χ0n) is 10.7. The highest BCUT2D eigenvalue weighted by Crippen LogP contribution is 2.24. The summed E-state index contributed by atoms with van der Waals surface area (Å²) in [5.41, 5.74) is 1.21. The Morgan fingerprint density at radius 3 is 2.11 bits per heavy atom. The Labute approximate surface area is 107 Å². The van der Waals surface area contributed by atoms with Crippen LogP contribution in [0.25, 0.3) is 0 Å². The molecule has 2 atom stereocenters. The fourth-order valence-electron chi connectivity index (χ4n) is 2.04. The second kappa shape index (κ2) is 5.16. The van der Waals surface area contributed by atoms with Gasteiger partial charge in [-0.1, -0.05) is 0 Å². The zero-order chi connectivity index (χ0) is 12.4. The summed E-state index contributed by atoms with van der Waals surface area (Å²) in [6, 6.07) is 8.26. The number of rotatable bonds is 7. The molecule has 0 aromatic heterocycles. The van der Waals surface area contributed by atoms with Crippen LogP contribution in [0.2, 0.25) is 0 Å². The van der Waals surface area contributed by atoms with E-state index in [-0.39, 0.29) is 0 Å². The molecule has 2 heterocycles. The van der Waals surface area contributed by atoms with Gasteiger partial charge in [0.15, 0.2) is 0 Å². The lowest BCUT2D eigenvalue weighted by molar-refractivity contribution is 0.340. The van der Waals surface area contributed by atoms with Gasteiger partial charge in [-0.25, -0.2) is 0 Å². The molecule has 0 N–H and O–H groups in total. The largest absolute Gasteiger partial charge is 0.494 e. The quantitative estimate of drug-likeness (QED) is 0.689. The SMILES string of the molecule is CCOc1ccc(N(CC2CO2)CC2CO2)cc1. The molecule has 1 aromatic rings. The van der Waals surface area contributed by atoms with Gasteiger partial charge >= 0.3 is 0 Å². The summed E-state index contributed by atoms with van der Waals surface area (Å²) >= 11 is 0. The third-order valence-corrected chi connectivity index (χ3v) is 3.17. The summed E-state index contributed by atoms with van der Waals surface area (Å²) in [6.45, 7) is 6.38. The highest BCUT2D eigenvalue weighted by atomic mass is 16.6. The normalized spacial score (nSPS) is 24.7. The molecule has 2 fully saturated rings. The van der Waals surface area contributed by atoms with Crippen LogP contribution in [0.1, 0.15) is 6.92 Å². The van der Waals surface area contributed by atoms with Crippen molar-refractivity contribution in [1.29, 1.82) is 0 Å². The minimum absolute atomic E-state index is 0.398.